The molecule has 3 rings (SSSR count). The van der Waals surface area contributed by atoms with Crippen LogP contribution in [0.4, 0.5) is 5.69 Å². The van der Waals surface area contributed by atoms with Crippen LogP contribution in [0, 0.1) is 13.8 Å². The van der Waals surface area contributed by atoms with Gasteiger partial charge in [-0.2, -0.15) is 0 Å². The molecule has 132 valence electrons. The zero-order valence-corrected chi connectivity index (χ0v) is 15.4. The summed E-state index contributed by atoms with van der Waals surface area (Å²) in [5.74, 6) is 0.840. The molecule has 2 aromatic rings. The standard InChI is InChI=1S/C20H23ClN2O2/c1-15-6-5-7-16(2)20(15)25-14-19(24)23-12-10-22(11-13-23)18-9-4-3-8-17(18)21/h3-9H,10-14H2,1-2H3. The minimum absolute atomic E-state index is 0.0291. The number of carbonyl (C=O) groups excluding carboxylic acids is 1. The third kappa shape index (κ3) is 4.07. The van der Waals surface area contributed by atoms with E-state index in [0.717, 1.165) is 40.7 Å². The Morgan fingerprint density at radius 2 is 1.64 bits per heavy atom. The van der Waals surface area contributed by atoms with Gasteiger partial charge in [0.2, 0.25) is 0 Å². The average molecular weight is 359 g/mol. The third-order valence-electron chi connectivity index (χ3n) is 4.57. The van der Waals surface area contributed by atoms with Crippen molar-refractivity contribution in [3.8, 4) is 5.75 Å². The minimum Gasteiger partial charge on any atom is -0.483 e. The summed E-state index contributed by atoms with van der Waals surface area (Å²) in [6.45, 7) is 6.99. The second-order valence-electron chi connectivity index (χ2n) is 6.33. The number of anilines is 1. The van der Waals surface area contributed by atoms with E-state index >= 15 is 0 Å². The minimum atomic E-state index is 0.0291. The largest absolute Gasteiger partial charge is 0.483 e. The van der Waals surface area contributed by atoms with Crippen LogP contribution < -0.4 is 9.64 Å². The van der Waals surface area contributed by atoms with Crippen molar-refractivity contribution in [1.29, 1.82) is 0 Å². The number of carbonyl (C=O) groups is 1. The molecule has 0 atom stereocenters. The Morgan fingerprint density at radius 1 is 1.00 bits per heavy atom. The Balaban J connectivity index is 1.54. The highest BCUT2D eigenvalue weighted by Crippen LogP contribution is 2.26. The molecule has 1 aliphatic heterocycles. The molecule has 0 aromatic heterocycles. The lowest BCUT2D eigenvalue weighted by atomic mass is 10.1. The first-order chi connectivity index (χ1) is 12.1. The van der Waals surface area contributed by atoms with Gasteiger partial charge < -0.3 is 14.5 Å². The molecule has 0 unspecified atom stereocenters. The number of halogens is 1. The number of piperazine rings is 1. The number of rotatable bonds is 4. The zero-order chi connectivity index (χ0) is 17.8. The third-order valence-corrected chi connectivity index (χ3v) is 4.89. The van der Waals surface area contributed by atoms with Crippen molar-refractivity contribution in [3.63, 3.8) is 0 Å². The van der Waals surface area contributed by atoms with Crippen LogP contribution in [0.1, 0.15) is 11.1 Å². The second kappa shape index (κ2) is 7.79. The van der Waals surface area contributed by atoms with Crippen LogP contribution in [0.25, 0.3) is 0 Å². The number of ether oxygens (including phenoxy) is 1. The molecule has 1 heterocycles. The van der Waals surface area contributed by atoms with Crippen LogP contribution in [0.5, 0.6) is 5.75 Å². The summed E-state index contributed by atoms with van der Waals surface area (Å²) in [5.41, 5.74) is 3.13. The Kier molecular flexibility index (Phi) is 5.49. The highest BCUT2D eigenvalue weighted by atomic mass is 35.5. The summed E-state index contributed by atoms with van der Waals surface area (Å²) in [4.78, 5) is 16.5. The molecule has 25 heavy (non-hydrogen) atoms. The van der Waals surface area contributed by atoms with E-state index in [-0.39, 0.29) is 12.5 Å². The summed E-state index contributed by atoms with van der Waals surface area (Å²) in [5, 5.41) is 0.751. The van der Waals surface area contributed by atoms with E-state index in [4.69, 9.17) is 16.3 Å². The lowest BCUT2D eigenvalue weighted by Crippen LogP contribution is -2.50. The van der Waals surface area contributed by atoms with E-state index in [1.54, 1.807) is 0 Å². The molecule has 1 fully saturated rings. The summed E-state index contributed by atoms with van der Waals surface area (Å²) in [7, 11) is 0. The summed E-state index contributed by atoms with van der Waals surface area (Å²) >= 11 is 6.26. The molecule has 1 amide bonds. The molecule has 0 aliphatic carbocycles. The lowest BCUT2D eigenvalue weighted by Gasteiger charge is -2.36. The van der Waals surface area contributed by atoms with E-state index in [2.05, 4.69) is 4.90 Å². The van der Waals surface area contributed by atoms with Gasteiger partial charge in [-0.15, -0.1) is 0 Å². The predicted molar refractivity (Wildman–Crippen MR) is 102 cm³/mol. The van der Waals surface area contributed by atoms with Crippen molar-refractivity contribution >= 4 is 23.2 Å². The molecular weight excluding hydrogens is 336 g/mol. The number of para-hydroxylation sites is 2. The second-order valence-corrected chi connectivity index (χ2v) is 6.74. The highest BCUT2D eigenvalue weighted by Gasteiger charge is 2.22. The van der Waals surface area contributed by atoms with E-state index in [9.17, 15) is 4.79 Å². The summed E-state index contributed by atoms with van der Waals surface area (Å²) in [6, 6.07) is 13.8. The maximum Gasteiger partial charge on any atom is 0.260 e. The molecular formula is C20H23ClN2O2. The van der Waals surface area contributed by atoms with Gasteiger partial charge >= 0.3 is 0 Å². The van der Waals surface area contributed by atoms with E-state index in [0.29, 0.717) is 13.1 Å². The average Bonchev–Trinajstić information content (AvgIpc) is 2.62. The van der Waals surface area contributed by atoms with Crippen LogP contribution in [0.2, 0.25) is 5.02 Å². The molecule has 1 aliphatic rings. The molecule has 2 aromatic carbocycles. The smallest absolute Gasteiger partial charge is 0.260 e. The Labute approximate surface area is 154 Å². The van der Waals surface area contributed by atoms with Gasteiger partial charge in [0.05, 0.1) is 10.7 Å². The topological polar surface area (TPSA) is 32.8 Å². The normalized spacial score (nSPS) is 14.5. The van der Waals surface area contributed by atoms with Crippen molar-refractivity contribution in [2.24, 2.45) is 0 Å². The van der Waals surface area contributed by atoms with Crippen molar-refractivity contribution in [2.45, 2.75) is 13.8 Å². The maximum atomic E-state index is 12.5. The van der Waals surface area contributed by atoms with Crippen molar-refractivity contribution in [2.75, 3.05) is 37.7 Å². The summed E-state index contributed by atoms with van der Waals surface area (Å²) < 4.78 is 5.79. The predicted octanol–water partition coefficient (Wildman–Crippen LogP) is 3.68. The molecule has 0 N–H and O–H groups in total. The van der Waals surface area contributed by atoms with Crippen molar-refractivity contribution in [3.05, 3.63) is 58.6 Å². The fourth-order valence-electron chi connectivity index (χ4n) is 3.16. The van der Waals surface area contributed by atoms with Crippen molar-refractivity contribution in [1.82, 2.24) is 4.90 Å². The zero-order valence-electron chi connectivity index (χ0n) is 14.7. The monoisotopic (exact) mass is 358 g/mol. The van der Waals surface area contributed by atoms with Crippen molar-refractivity contribution < 1.29 is 9.53 Å². The van der Waals surface area contributed by atoms with Gasteiger partial charge in [-0.25, -0.2) is 0 Å². The number of aryl methyl sites for hydroxylation is 2. The van der Waals surface area contributed by atoms with Gasteiger partial charge in [0, 0.05) is 26.2 Å². The van der Waals surface area contributed by atoms with Crippen LogP contribution in [-0.4, -0.2) is 43.6 Å². The molecule has 4 nitrogen and oxygen atoms in total. The maximum absolute atomic E-state index is 12.5. The number of hydrogen-bond donors (Lipinski definition) is 0. The molecule has 0 saturated carbocycles. The summed E-state index contributed by atoms with van der Waals surface area (Å²) in [6.07, 6.45) is 0. The Morgan fingerprint density at radius 3 is 2.28 bits per heavy atom. The first-order valence-electron chi connectivity index (χ1n) is 8.52. The van der Waals surface area contributed by atoms with Gasteiger partial charge in [-0.3, -0.25) is 4.79 Å². The van der Waals surface area contributed by atoms with Crippen LogP contribution in [-0.2, 0) is 4.79 Å². The molecule has 0 bridgehead atoms. The van der Waals surface area contributed by atoms with E-state index < -0.39 is 0 Å². The van der Waals surface area contributed by atoms with Crippen LogP contribution >= 0.6 is 11.6 Å². The van der Waals surface area contributed by atoms with Crippen LogP contribution in [0.15, 0.2) is 42.5 Å². The Hall–Kier alpha value is -2.20. The fraction of sp³-hybridized carbons (Fsp3) is 0.350. The van der Waals surface area contributed by atoms with E-state index in [1.165, 1.54) is 0 Å². The highest BCUT2D eigenvalue weighted by molar-refractivity contribution is 6.33. The van der Waals surface area contributed by atoms with Gasteiger partial charge in [0.15, 0.2) is 6.61 Å². The van der Waals surface area contributed by atoms with Gasteiger partial charge in [-0.1, -0.05) is 41.9 Å². The van der Waals surface area contributed by atoms with Gasteiger partial charge in [0.1, 0.15) is 5.75 Å². The number of hydrogen-bond acceptors (Lipinski definition) is 3. The molecule has 0 radical (unpaired) electrons. The quantitative estimate of drug-likeness (QED) is 0.835. The molecule has 0 spiro atoms. The fourth-order valence-corrected chi connectivity index (χ4v) is 3.41. The number of nitrogens with zero attached hydrogens (tertiary/aromatic N) is 2. The van der Waals surface area contributed by atoms with Crippen LogP contribution in [0.3, 0.4) is 0 Å². The van der Waals surface area contributed by atoms with Gasteiger partial charge in [0.25, 0.3) is 5.91 Å². The molecule has 1 saturated heterocycles. The first kappa shape index (κ1) is 17.6. The number of benzene rings is 2. The first-order valence-corrected chi connectivity index (χ1v) is 8.90. The Bertz CT molecular complexity index is 735. The number of amides is 1. The van der Waals surface area contributed by atoms with Gasteiger partial charge in [-0.05, 0) is 37.1 Å². The van der Waals surface area contributed by atoms with E-state index in [1.807, 2.05) is 61.2 Å². The lowest BCUT2D eigenvalue weighted by molar-refractivity contribution is -0.133. The SMILES string of the molecule is Cc1cccc(C)c1OCC(=O)N1CCN(c2ccccc2Cl)CC1. The molecule has 5 heteroatoms.